The molecule has 90 valence electrons. The molecule has 17 heavy (non-hydrogen) atoms. The average Bonchev–Trinajstić information content (AvgIpc) is 2.71. The Morgan fingerprint density at radius 1 is 1.35 bits per heavy atom. The second kappa shape index (κ2) is 5.33. The Morgan fingerprint density at radius 3 is 2.88 bits per heavy atom. The van der Waals surface area contributed by atoms with Gasteiger partial charge in [-0.05, 0) is 18.7 Å². The van der Waals surface area contributed by atoms with E-state index in [1.54, 1.807) is 6.20 Å². The Hall–Kier alpha value is -1.33. The van der Waals surface area contributed by atoms with Gasteiger partial charge in [0.25, 0.3) is 0 Å². The first kappa shape index (κ1) is 12.1. The maximum absolute atomic E-state index is 13.4. The highest BCUT2D eigenvalue weighted by molar-refractivity contribution is 7.11. The summed E-state index contributed by atoms with van der Waals surface area (Å²) >= 11 is 1.53. The van der Waals surface area contributed by atoms with Gasteiger partial charge in [0.15, 0.2) is 0 Å². The van der Waals surface area contributed by atoms with E-state index in [9.17, 15) is 8.78 Å². The molecule has 2 aromatic rings. The summed E-state index contributed by atoms with van der Waals surface area (Å²) in [6.07, 6.45) is 2.18. The van der Waals surface area contributed by atoms with Crippen molar-refractivity contribution in [3.8, 4) is 0 Å². The third kappa shape index (κ3) is 3.08. The van der Waals surface area contributed by atoms with Gasteiger partial charge in [-0.15, -0.1) is 11.3 Å². The van der Waals surface area contributed by atoms with Crippen molar-refractivity contribution in [1.29, 1.82) is 0 Å². The topological polar surface area (TPSA) is 24.9 Å². The monoisotopic (exact) mass is 254 g/mol. The Kier molecular flexibility index (Phi) is 3.81. The van der Waals surface area contributed by atoms with Gasteiger partial charge in [0.1, 0.15) is 11.6 Å². The minimum atomic E-state index is -0.554. The summed E-state index contributed by atoms with van der Waals surface area (Å²) in [7, 11) is 1.86. The van der Waals surface area contributed by atoms with Crippen molar-refractivity contribution in [2.45, 2.75) is 13.0 Å². The molecule has 0 atom stereocenters. The molecular weight excluding hydrogens is 242 g/mol. The molecule has 0 amide bonds. The molecule has 5 heteroatoms. The standard InChI is InChI=1S/C12H12F2N2S/c1-15-6-10-7-16-12(17-10)4-8-2-3-9(13)5-11(8)14/h2-3,5,7,15H,4,6H2,1H3. The van der Waals surface area contributed by atoms with E-state index in [1.165, 1.54) is 23.5 Å². The number of nitrogens with one attached hydrogen (secondary N) is 1. The zero-order chi connectivity index (χ0) is 12.3. The number of benzene rings is 1. The molecule has 0 saturated heterocycles. The van der Waals surface area contributed by atoms with Gasteiger partial charge in [-0.2, -0.15) is 0 Å². The molecule has 0 fully saturated rings. The maximum Gasteiger partial charge on any atom is 0.129 e. The second-order valence-corrected chi connectivity index (χ2v) is 4.86. The predicted molar refractivity (Wildman–Crippen MR) is 64.0 cm³/mol. The molecule has 0 radical (unpaired) electrons. The van der Waals surface area contributed by atoms with Crippen molar-refractivity contribution < 1.29 is 8.78 Å². The molecule has 0 aliphatic carbocycles. The van der Waals surface area contributed by atoms with Crippen molar-refractivity contribution in [1.82, 2.24) is 10.3 Å². The molecule has 2 nitrogen and oxygen atoms in total. The van der Waals surface area contributed by atoms with Crippen LogP contribution in [0.1, 0.15) is 15.4 Å². The lowest BCUT2D eigenvalue weighted by molar-refractivity contribution is 0.574. The molecule has 0 bridgehead atoms. The average molecular weight is 254 g/mol. The fourth-order valence-electron chi connectivity index (χ4n) is 1.51. The van der Waals surface area contributed by atoms with Crippen molar-refractivity contribution in [2.24, 2.45) is 0 Å². The van der Waals surface area contributed by atoms with Gasteiger partial charge in [0.05, 0.1) is 5.01 Å². The molecule has 0 aliphatic heterocycles. The summed E-state index contributed by atoms with van der Waals surface area (Å²) in [5.41, 5.74) is 0.469. The summed E-state index contributed by atoms with van der Waals surface area (Å²) in [5.74, 6) is -1.07. The van der Waals surface area contributed by atoms with E-state index in [0.29, 0.717) is 12.0 Å². The third-order valence-electron chi connectivity index (χ3n) is 2.31. The van der Waals surface area contributed by atoms with Crippen LogP contribution in [-0.4, -0.2) is 12.0 Å². The van der Waals surface area contributed by atoms with Crippen LogP contribution in [0.3, 0.4) is 0 Å². The van der Waals surface area contributed by atoms with Gasteiger partial charge >= 0.3 is 0 Å². The molecule has 0 aliphatic rings. The van der Waals surface area contributed by atoms with E-state index in [0.717, 1.165) is 22.5 Å². The Balaban J connectivity index is 2.13. The molecule has 0 saturated carbocycles. The van der Waals surface area contributed by atoms with Crippen molar-refractivity contribution in [3.05, 3.63) is 51.5 Å². The fraction of sp³-hybridized carbons (Fsp3) is 0.250. The molecule has 2 rings (SSSR count). The Labute approximate surface area is 102 Å². The van der Waals surface area contributed by atoms with Crippen LogP contribution in [0.5, 0.6) is 0 Å². The zero-order valence-electron chi connectivity index (χ0n) is 9.34. The van der Waals surface area contributed by atoms with Crippen molar-refractivity contribution in [3.63, 3.8) is 0 Å². The van der Waals surface area contributed by atoms with Gasteiger partial charge in [0.2, 0.25) is 0 Å². The highest BCUT2D eigenvalue weighted by atomic mass is 32.1. The number of hydrogen-bond donors (Lipinski definition) is 1. The lowest BCUT2D eigenvalue weighted by atomic mass is 10.1. The van der Waals surface area contributed by atoms with Crippen LogP contribution in [0.2, 0.25) is 0 Å². The van der Waals surface area contributed by atoms with E-state index in [4.69, 9.17) is 0 Å². The van der Waals surface area contributed by atoms with Crippen LogP contribution in [0.15, 0.2) is 24.4 Å². The van der Waals surface area contributed by atoms with E-state index in [2.05, 4.69) is 10.3 Å². The number of nitrogens with zero attached hydrogens (tertiary/aromatic N) is 1. The van der Waals surface area contributed by atoms with Crippen LogP contribution in [0.4, 0.5) is 8.78 Å². The first-order valence-electron chi connectivity index (χ1n) is 5.21. The molecule has 1 heterocycles. The van der Waals surface area contributed by atoms with Crippen molar-refractivity contribution >= 4 is 11.3 Å². The van der Waals surface area contributed by atoms with E-state index >= 15 is 0 Å². The quantitative estimate of drug-likeness (QED) is 0.907. The number of aromatic nitrogens is 1. The van der Waals surface area contributed by atoms with Gasteiger partial charge in [-0.25, -0.2) is 13.8 Å². The van der Waals surface area contributed by atoms with E-state index in [-0.39, 0.29) is 0 Å². The van der Waals surface area contributed by atoms with E-state index < -0.39 is 11.6 Å². The normalized spacial score (nSPS) is 10.8. The fourth-order valence-corrected chi connectivity index (χ4v) is 2.47. The van der Waals surface area contributed by atoms with Gasteiger partial charge in [-0.3, -0.25) is 0 Å². The van der Waals surface area contributed by atoms with Gasteiger partial charge < -0.3 is 5.32 Å². The smallest absolute Gasteiger partial charge is 0.129 e. The lowest BCUT2D eigenvalue weighted by Gasteiger charge is -2.00. The molecule has 1 N–H and O–H groups in total. The first-order valence-corrected chi connectivity index (χ1v) is 6.03. The second-order valence-electron chi connectivity index (χ2n) is 3.66. The third-order valence-corrected chi connectivity index (χ3v) is 3.31. The molecule has 1 aromatic heterocycles. The van der Waals surface area contributed by atoms with E-state index in [1.807, 2.05) is 7.05 Å². The summed E-state index contributed by atoms with van der Waals surface area (Å²) in [6, 6.07) is 3.63. The van der Waals surface area contributed by atoms with Crippen molar-refractivity contribution in [2.75, 3.05) is 7.05 Å². The SMILES string of the molecule is CNCc1cnc(Cc2ccc(F)cc2F)s1. The minimum absolute atomic E-state index is 0.403. The molecule has 1 aromatic carbocycles. The van der Waals surface area contributed by atoms with Crippen LogP contribution >= 0.6 is 11.3 Å². The first-order chi connectivity index (χ1) is 8.19. The Bertz CT molecular complexity index is 511. The highest BCUT2D eigenvalue weighted by Gasteiger charge is 2.07. The number of rotatable bonds is 4. The highest BCUT2D eigenvalue weighted by Crippen LogP contribution is 2.19. The lowest BCUT2D eigenvalue weighted by Crippen LogP contribution is -2.02. The summed E-state index contributed by atoms with van der Waals surface area (Å²) in [6.45, 7) is 0.754. The summed E-state index contributed by atoms with van der Waals surface area (Å²) in [5, 5.41) is 3.86. The van der Waals surface area contributed by atoms with Crippen LogP contribution in [0, 0.1) is 11.6 Å². The molecule has 0 unspecified atom stereocenters. The van der Waals surface area contributed by atoms with Gasteiger partial charge in [-0.1, -0.05) is 6.07 Å². The zero-order valence-corrected chi connectivity index (χ0v) is 10.2. The number of halogens is 2. The van der Waals surface area contributed by atoms with Crippen LogP contribution in [-0.2, 0) is 13.0 Å². The predicted octanol–water partition coefficient (Wildman–Crippen LogP) is 2.73. The Morgan fingerprint density at radius 2 is 2.18 bits per heavy atom. The maximum atomic E-state index is 13.4. The number of thiazole rings is 1. The minimum Gasteiger partial charge on any atom is -0.315 e. The van der Waals surface area contributed by atoms with Crippen LogP contribution in [0.25, 0.3) is 0 Å². The molecular formula is C12H12F2N2S. The molecule has 0 spiro atoms. The summed E-state index contributed by atoms with van der Waals surface area (Å²) < 4.78 is 26.1. The summed E-state index contributed by atoms with van der Waals surface area (Å²) in [4.78, 5) is 5.31. The van der Waals surface area contributed by atoms with Gasteiger partial charge in [0, 0.05) is 30.1 Å². The van der Waals surface area contributed by atoms with Crippen LogP contribution < -0.4 is 5.32 Å². The number of hydrogen-bond acceptors (Lipinski definition) is 3. The largest absolute Gasteiger partial charge is 0.315 e.